The van der Waals surface area contributed by atoms with E-state index < -0.39 is 0 Å². The molecule has 4 aromatic rings. The maximum absolute atomic E-state index is 13.9. The second kappa shape index (κ2) is 23.3. The molecule has 68 heavy (non-hydrogen) atoms. The zero-order chi connectivity index (χ0) is 47.2. The molecule has 0 aliphatic carbocycles. The van der Waals surface area contributed by atoms with E-state index in [2.05, 4.69) is 0 Å². The lowest BCUT2D eigenvalue weighted by Gasteiger charge is -2.19. The highest BCUT2D eigenvalue weighted by Gasteiger charge is 2.35. The number of carbonyl (C=O) groups is 2. The van der Waals surface area contributed by atoms with Gasteiger partial charge in [0.05, 0.1) is 108 Å². The van der Waals surface area contributed by atoms with E-state index in [0.29, 0.717) is 130 Å². The predicted molar refractivity (Wildman–Crippen MR) is 259 cm³/mol. The van der Waals surface area contributed by atoms with Crippen LogP contribution in [-0.4, -0.2) is 134 Å². The van der Waals surface area contributed by atoms with Crippen molar-refractivity contribution in [2.24, 2.45) is 9.98 Å². The Morgan fingerprint density at radius 1 is 0.529 bits per heavy atom. The van der Waals surface area contributed by atoms with Crippen molar-refractivity contribution in [2.45, 2.75) is 44.2 Å². The van der Waals surface area contributed by atoms with Crippen molar-refractivity contribution in [1.29, 1.82) is 0 Å². The molecular formula is C52H59N5O11. The van der Waals surface area contributed by atoms with Crippen LogP contribution in [0.15, 0.2) is 95.2 Å². The third-order valence-electron chi connectivity index (χ3n) is 11.9. The van der Waals surface area contributed by atoms with Crippen LogP contribution in [0, 0.1) is 0 Å². The van der Waals surface area contributed by atoms with Gasteiger partial charge in [-0.15, -0.1) is 0 Å². The van der Waals surface area contributed by atoms with E-state index in [0.717, 1.165) is 47.3 Å². The number of hydrogen-bond acceptors (Lipinski definition) is 14. The molecule has 0 spiro atoms. The lowest BCUT2D eigenvalue weighted by Crippen LogP contribution is -2.32. The molecule has 0 unspecified atom stereocenters. The number of carbonyl (C=O) groups excluding carboxylic acids is 2. The van der Waals surface area contributed by atoms with Crippen molar-refractivity contribution >= 4 is 52.5 Å². The van der Waals surface area contributed by atoms with Crippen molar-refractivity contribution in [3.63, 3.8) is 0 Å². The van der Waals surface area contributed by atoms with Gasteiger partial charge in [-0.05, 0) is 77.9 Å². The van der Waals surface area contributed by atoms with Crippen molar-refractivity contribution in [3.05, 3.63) is 107 Å². The van der Waals surface area contributed by atoms with Crippen molar-refractivity contribution < 1.29 is 52.2 Å². The summed E-state index contributed by atoms with van der Waals surface area (Å²) in [6.07, 6.45) is 11.1. The van der Waals surface area contributed by atoms with Gasteiger partial charge in [-0.1, -0.05) is 24.3 Å². The maximum Gasteiger partial charge on any atom is 0.260 e. The largest absolute Gasteiger partial charge is 0.493 e. The van der Waals surface area contributed by atoms with E-state index in [-0.39, 0.29) is 23.9 Å². The Morgan fingerprint density at radius 3 is 1.46 bits per heavy atom. The lowest BCUT2D eigenvalue weighted by molar-refractivity contribution is 0.000164. The molecule has 0 saturated heterocycles. The second-order valence-corrected chi connectivity index (χ2v) is 16.5. The Labute approximate surface area is 396 Å². The molecule has 358 valence electrons. The van der Waals surface area contributed by atoms with Crippen LogP contribution >= 0.6 is 0 Å². The van der Waals surface area contributed by atoms with Crippen molar-refractivity contribution in [2.75, 3.05) is 93.1 Å². The van der Waals surface area contributed by atoms with Gasteiger partial charge in [0.2, 0.25) is 0 Å². The van der Waals surface area contributed by atoms with E-state index in [4.69, 9.17) is 58.4 Å². The zero-order valence-corrected chi connectivity index (χ0v) is 38.9. The summed E-state index contributed by atoms with van der Waals surface area (Å²) in [5.74, 6) is 2.40. The first-order chi connectivity index (χ1) is 33.3. The fourth-order valence-corrected chi connectivity index (χ4v) is 8.25. The quantitative estimate of drug-likeness (QED) is 0.0503. The van der Waals surface area contributed by atoms with E-state index in [1.165, 1.54) is 0 Å². The molecule has 2 atom stereocenters. The number of anilines is 1. The van der Waals surface area contributed by atoms with Gasteiger partial charge in [0.25, 0.3) is 11.8 Å². The van der Waals surface area contributed by atoms with Crippen LogP contribution in [0.2, 0.25) is 0 Å². The predicted octanol–water partition coefficient (Wildman–Crippen LogP) is 7.93. The molecule has 4 aliphatic heterocycles. The number of aliphatic imine (C=N–C) groups is 2. The Bertz CT molecular complexity index is 2510. The molecule has 2 N–H and O–H groups in total. The maximum atomic E-state index is 13.9. The molecule has 0 bridgehead atoms. The van der Waals surface area contributed by atoms with Crippen LogP contribution < -0.4 is 29.4 Å². The van der Waals surface area contributed by atoms with Gasteiger partial charge >= 0.3 is 0 Å². The minimum Gasteiger partial charge on any atom is -0.493 e. The molecule has 8 rings (SSSR count). The van der Waals surface area contributed by atoms with E-state index >= 15 is 0 Å². The minimum atomic E-state index is -0.228. The number of benzene rings is 4. The molecular weight excluding hydrogens is 871 g/mol. The summed E-state index contributed by atoms with van der Waals surface area (Å²) in [5.41, 5.74) is 12.6. The number of hydrogen-bond donors (Lipinski definition) is 1. The first kappa shape index (κ1) is 47.8. The smallest absolute Gasteiger partial charge is 0.260 e. The normalized spacial score (nSPS) is 16.9. The number of amides is 2. The number of fused-ring (bicyclic) bond motifs is 4. The van der Waals surface area contributed by atoms with Gasteiger partial charge in [-0.2, -0.15) is 0 Å². The molecule has 4 aromatic carbocycles. The number of rotatable bonds is 25. The summed E-state index contributed by atoms with van der Waals surface area (Å²) in [6, 6.07) is 22.0. The average molecular weight is 930 g/mol. The first-order valence-electron chi connectivity index (χ1n) is 23.0. The third-order valence-corrected chi connectivity index (χ3v) is 11.9. The molecule has 4 heterocycles. The molecule has 0 fully saturated rings. The van der Waals surface area contributed by atoms with Crippen LogP contribution in [0.25, 0.3) is 11.1 Å². The number of nitrogens with zero attached hydrogens (tertiary/aromatic N) is 4. The summed E-state index contributed by atoms with van der Waals surface area (Å²) in [4.78, 5) is 40.6. The van der Waals surface area contributed by atoms with E-state index in [1.807, 2.05) is 73.4 Å². The number of unbranched alkanes of at least 4 members (excludes halogenated alkanes) is 2. The SMILES string of the molecule is COCCOCCOCCOCCOc1ccc(C2=CN3C(=O)c4cc(OC)c(OCCCCCOc5cc6c(cc5OC)C(=O)N5C=C(c7ccc(N)cc7)C[C@H]5C=N6)cc4N=C[C@@H]3C2)cc1. The van der Waals surface area contributed by atoms with Crippen LogP contribution in [0.1, 0.15) is 63.9 Å². The molecule has 0 aromatic heterocycles. The zero-order valence-electron chi connectivity index (χ0n) is 38.9. The second-order valence-electron chi connectivity index (χ2n) is 16.5. The summed E-state index contributed by atoms with van der Waals surface area (Å²) < 4.78 is 51.0. The van der Waals surface area contributed by atoms with Gasteiger partial charge in [0.1, 0.15) is 12.4 Å². The molecule has 0 radical (unpaired) electrons. The third kappa shape index (κ3) is 11.7. The van der Waals surface area contributed by atoms with Gasteiger partial charge < -0.3 is 58.2 Å². The summed E-state index contributed by atoms with van der Waals surface area (Å²) >= 11 is 0. The molecule has 16 heteroatoms. The molecule has 0 saturated carbocycles. The fraction of sp³-hybridized carbons (Fsp3) is 0.385. The topological polar surface area (TPSA) is 174 Å². The van der Waals surface area contributed by atoms with Crippen molar-refractivity contribution in [1.82, 2.24) is 9.80 Å². The highest BCUT2D eigenvalue weighted by molar-refractivity contribution is 6.06. The Hall–Kier alpha value is -6.72. The monoisotopic (exact) mass is 929 g/mol. The van der Waals surface area contributed by atoms with E-state index in [9.17, 15) is 9.59 Å². The lowest BCUT2D eigenvalue weighted by atomic mass is 10.0. The van der Waals surface area contributed by atoms with Gasteiger partial charge in [0.15, 0.2) is 23.0 Å². The first-order valence-corrected chi connectivity index (χ1v) is 23.0. The van der Waals surface area contributed by atoms with Gasteiger partial charge in [-0.3, -0.25) is 19.6 Å². The summed E-state index contributed by atoms with van der Waals surface area (Å²) in [5, 5.41) is 0. The average Bonchev–Trinajstić information content (AvgIpc) is 3.94. The summed E-state index contributed by atoms with van der Waals surface area (Å²) in [6.45, 7) is 4.85. The highest BCUT2D eigenvalue weighted by Crippen LogP contribution is 2.42. The fourth-order valence-electron chi connectivity index (χ4n) is 8.25. The number of nitrogen functional groups attached to an aromatic ring is 1. The molecule has 16 nitrogen and oxygen atoms in total. The van der Waals surface area contributed by atoms with Crippen LogP contribution in [0.4, 0.5) is 17.1 Å². The Balaban J connectivity index is 0.772. The van der Waals surface area contributed by atoms with E-state index in [1.54, 1.807) is 55.4 Å². The number of nitrogens with two attached hydrogens (primary N) is 1. The number of methoxy groups -OCH3 is 3. The van der Waals surface area contributed by atoms with Crippen LogP contribution in [0.5, 0.6) is 28.7 Å². The van der Waals surface area contributed by atoms with Gasteiger partial charge in [-0.25, -0.2) is 0 Å². The van der Waals surface area contributed by atoms with Crippen molar-refractivity contribution in [3.8, 4) is 28.7 Å². The summed E-state index contributed by atoms with van der Waals surface area (Å²) in [7, 11) is 4.76. The van der Waals surface area contributed by atoms with Crippen LogP contribution in [-0.2, 0) is 18.9 Å². The Kier molecular flexibility index (Phi) is 16.4. The number of ether oxygens (including phenoxy) is 9. The highest BCUT2D eigenvalue weighted by atomic mass is 16.6. The molecule has 4 aliphatic rings. The van der Waals surface area contributed by atoms with Crippen LogP contribution in [0.3, 0.4) is 0 Å². The molecule has 2 amide bonds. The Morgan fingerprint density at radius 2 is 0.985 bits per heavy atom. The van der Waals surface area contributed by atoms with Gasteiger partial charge in [0, 0.05) is 62.6 Å². The minimum absolute atomic E-state index is 0.145. The standard InChI is InChI=1S/C52H59N5O11/c1-60-17-18-63-19-20-64-21-22-65-23-24-66-42-13-9-36(10-14-42)38-26-41-32-55-46-30-50(48(62-3)28-44(46)52(59)57(41)34-38)68-16-6-4-5-15-67-49-29-45-43(27-47(49)61-2)51(58)56-33-37(25-40(56)31-54-45)35-7-11-39(53)12-8-35/h7-14,27-34,40-41H,4-6,15-26,53H2,1-3H3/t40-,41-/m0/s1.